The van der Waals surface area contributed by atoms with E-state index in [1.165, 1.54) is 0 Å². The zero-order valence-corrected chi connectivity index (χ0v) is 5.77. The van der Waals surface area contributed by atoms with E-state index in [9.17, 15) is 4.79 Å². The van der Waals surface area contributed by atoms with Crippen molar-refractivity contribution in [2.24, 2.45) is 5.92 Å². The molecule has 0 aliphatic heterocycles. The number of hydrogen-bond donors (Lipinski definition) is 0. The van der Waals surface area contributed by atoms with Gasteiger partial charge in [0.1, 0.15) is 0 Å². The molecule has 0 spiro atoms. The number of hydrogen-bond acceptors (Lipinski definition) is 1. The molecule has 0 heterocycles. The van der Waals surface area contributed by atoms with Crippen molar-refractivity contribution in [1.82, 2.24) is 0 Å². The zero-order valence-electron chi connectivity index (χ0n) is 5.77. The second-order valence-corrected chi connectivity index (χ2v) is 2.00. The van der Waals surface area contributed by atoms with Crippen LogP contribution in [0.1, 0.15) is 20.3 Å². The topological polar surface area (TPSA) is 17.1 Å². The molecule has 0 amide bonds. The Hall–Kier alpha value is -0.265. The van der Waals surface area contributed by atoms with Crippen LogP contribution in [0.5, 0.6) is 0 Å². The molecule has 0 aromatic heterocycles. The summed E-state index contributed by atoms with van der Waals surface area (Å²) in [5.74, 6) is 0.222. The summed E-state index contributed by atoms with van der Waals surface area (Å²) in [6.07, 6.45) is 0.948. The Morgan fingerprint density at radius 2 is 2.25 bits per heavy atom. The molecule has 0 aliphatic carbocycles. The van der Waals surface area contributed by atoms with Crippen LogP contribution in [0, 0.1) is 5.92 Å². The predicted octanol–water partition coefficient (Wildman–Crippen LogP) is 1.31. The van der Waals surface area contributed by atoms with E-state index in [4.69, 9.17) is 0 Å². The first kappa shape index (κ1) is 7.73. The lowest BCUT2D eigenvalue weighted by atomic mass is 9.70. The molecule has 45 valence electrons. The minimum Gasteiger partial charge on any atom is -0.312 e. The molecular formula is C6H12BO. The predicted molar refractivity (Wildman–Crippen MR) is 36.1 cm³/mol. The Kier molecular flexibility index (Phi) is 3.58. The maximum atomic E-state index is 10.7. The fraction of sp³-hybridized carbons (Fsp3) is 0.833. The third-order valence-corrected chi connectivity index (χ3v) is 1.38. The SMILES string of the molecule is C[B]C(=O)[C@@H](C)CC. The molecule has 0 fully saturated rings. The molecule has 0 rings (SSSR count). The standard InChI is InChI=1S/C6H12BO/c1-4-5(2)6(8)7-3/h5H,4H2,1-3H3/t5-/m0/s1. The molecule has 8 heavy (non-hydrogen) atoms. The van der Waals surface area contributed by atoms with E-state index < -0.39 is 0 Å². The van der Waals surface area contributed by atoms with E-state index in [2.05, 4.69) is 0 Å². The molecule has 0 aromatic rings. The van der Waals surface area contributed by atoms with Gasteiger partial charge < -0.3 is 4.79 Å². The van der Waals surface area contributed by atoms with Gasteiger partial charge in [0, 0.05) is 5.92 Å². The van der Waals surface area contributed by atoms with Crippen LogP contribution >= 0.6 is 0 Å². The van der Waals surface area contributed by atoms with Crippen molar-refractivity contribution in [3.05, 3.63) is 0 Å². The lowest BCUT2D eigenvalue weighted by molar-refractivity contribution is -0.115. The average molecular weight is 111 g/mol. The Morgan fingerprint density at radius 1 is 1.75 bits per heavy atom. The summed E-state index contributed by atoms with van der Waals surface area (Å²) in [7, 11) is 1.63. The van der Waals surface area contributed by atoms with Crippen molar-refractivity contribution in [1.29, 1.82) is 0 Å². The summed E-state index contributed by atoms with van der Waals surface area (Å²) < 4.78 is 0. The molecule has 0 aliphatic rings. The van der Waals surface area contributed by atoms with Gasteiger partial charge in [-0.1, -0.05) is 20.7 Å². The highest BCUT2D eigenvalue weighted by Gasteiger charge is 2.06. The first-order valence-electron chi connectivity index (χ1n) is 3.05. The van der Waals surface area contributed by atoms with Crippen LogP contribution in [0.4, 0.5) is 0 Å². The molecule has 0 saturated heterocycles. The monoisotopic (exact) mass is 111 g/mol. The van der Waals surface area contributed by atoms with Crippen LogP contribution < -0.4 is 0 Å². The maximum absolute atomic E-state index is 10.7. The molecule has 1 radical (unpaired) electrons. The Morgan fingerprint density at radius 3 is 2.38 bits per heavy atom. The van der Waals surface area contributed by atoms with Crippen molar-refractivity contribution >= 4 is 13.0 Å². The third kappa shape index (κ3) is 2.15. The first-order valence-corrected chi connectivity index (χ1v) is 3.05. The number of carbonyl (C=O) groups excluding carboxylic acids is 1. The van der Waals surface area contributed by atoms with Crippen LogP contribution in [0.3, 0.4) is 0 Å². The lowest BCUT2D eigenvalue weighted by Gasteiger charge is -2.01. The van der Waals surface area contributed by atoms with Crippen LogP contribution in [-0.2, 0) is 4.79 Å². The van der Waals surface area contributed by atoms with E-state index in [0.29, 0.717) is 0 Å². The summed E-state index contributed by atoms with van der Waals surface area (Å²) in [4.78, 5) is 10.7. The highest BCUT2D eigenvalue weighted by molar-refractivity contribution is 6.73. The summed E-state index contributed by atoms with van der Waals surface area (Å²) in [6.45, 7) is 5.75. The molecule has 1 nitrogen and oxygen atoms in total. The van der Waals surface area contributed by atoms with Crippen LogP contribution in [0.25, 0.3) is 0 Å². The van der Waals surface area contributed by atoms with E-state index in [1.54, 1.807) is 14.1 Å². The highest BCUT2D eigenvalue weighted by atomic mass is 16.1. The minimum absolute atomic E-state index is 0.222. The highest BCUT2D eigenvalue weighted by Crippen LogP contribution is 1.99. The van der Waals surface area contributed by atoms with Crippen LogP contribution in [-0.4, -0.2) is 13.0 Å². The second-order valence-electron chi connectivity index (χ2n) is 2.00. The largest absolute Gasteiger partial charge is 0.312 e. The van der Waals surface area contributed by atoms with E-state index in [-0.39, 0.29) is 11.6 Å². The van der Waals surface area contributed by atoms with Gasteiger partial charge >= 0.3 is 0 Å². The Labute approximate surface area is 51.7 Å². The van der Waals surface area contributed by atoms with Crippen LogP contribution in [0.2, 0.25) is 6.82 Å². The third-order valence-electron chi connectivity index (χ3n) is 1.38. The van der Waals surface area contributed by atoms with Crippen molar-refractivity contribution in [2.45, 2.75) is 27.1 Å². The second kappa shape index (κ2) is 3.70. The molecule has 0 unspecified atom stereocenters. The van der Waals surface area contributed by atoms with Crippen molar-refractivity contribution < 1.29 is 4.79 Å². The van der Waals surface area contributed by atoms with Gasteiger partial charge in [0.25, 0.3) is 0 Å². The molecule has 1 atom stereocenters. The molecule has 0 saturated carbocycles. The van der Waals surface area contributed by atoms with Crippen LogP contribution in [0.15, 0.2) is 0 Å². The zero-order chi connectivity index (χ0) is 6.57. The fourth-order valence-electron chi connectivity index (χ4n) is 0.486. The van der Waals surface area contributed by atoms with E-state index >= 15 is 0 Å². The lowest BCUT2D eigenvalue weighted by Crippen LogP contribution is -2.14. The van der Waals surface area contributed by atoms with Crippen molar-refractivity contribution in [3.63, 3.8) is 0 Å². The van der Waals surface area contributed by atoms with Gasteiger partial charge in [0.05, 0.1) is 5.68 Å². The van der Waals surface area contributed by atoms with Gasteiger partial charge in [-0.15, -0.1) is 0 Å². The number of rotatable bonds is 3. The van der Waals surface area contributed by atoms with Gasteiger partial charge in [-0.2, -0.15) is 0 Å². The van der Waals surface area contributed by atoms with Gasteiger partial charge in [0.15, 0.2) is 7.28 Å². The summed E-state index contributed by atoms with van der Waals surface area (Å²) >= 11 is 0. The summed E-state index contributed by atoms with van der Waals surface area (Å²) in [5, 5.41) is 0. The van der Waals surface area contributed by atoms with Crippen molar-refractivity contribution in [2.75, 3.05) is 0 Å². The summed E-state index contributed by atoms with van der Waals surface area (Å²) in [6, 6.07) is 0. The molecule has 0 aromatic carbocycles. The van der Waals surface area contributed by atoms with Gasteiger partial charge in [-0.25, -0.2) is 0 Å². The maximum Gasteiger partial charge on any atom is 0.199 e. The normalized spacial score (nSPS) is 12.9. The number of carbonyl (C=O) groups is 1. The fourth-order valence-corrected chi connectivity index (χ4v) is 0.486. The van der Waals surface area contributed by atoms with Crippen molar-refractivity contribution in [3.8, 4) is 0 Å². The molecule has 2 heteroatoms. The Bertz CT molecular complexity index is 80.6. The molecular weight excluding hydrogens is 98.9 g/mol. The van der Waals surface area contributed by atoms with Gasteiger partial charge in [0.2, 0.25) is 0 Å². The van der Waals surface area contributed by atoms with E-state index in [1.807, 2.05) is 13.8 Å². The van der Waals surface area contributed by atoms with E-state index in [0.717, 1.165) is 6.42 Å². The average Bonchev–Trinajstić information content (AvgIpc) is 1.84. The quantitative estimate of drug-likeness (QED) is 0.501. The Balaban J connectivity index is 3.46. The first-order chi connectivity index (χ1) is 3.72. The van der Waals surface area contributed by atoms with Gasteiger partial charge in [-0.05, 0) is 6.42 Å². The van der Waals surface area contributed by atoms with Gasteiger partial charge in [-0.3, -0.25) is 0 Å². The smallest absolute Gasteiger partial charge is 0.199 e. The molecule has 0 N–H and O–H groups in total. The summed E-state index contributed by atoms with van der Waals surface area (Å²) in [5.41, 5.74) is 0.257. The minimum atomic E-state index is 0.222. The molecule has 0 bridgehead atoms.